The summed E-state index contributed by atoms with van der Waals surface area (Å²) in [5, 5.41) is 0. The Kier molecular flexibility index (Phi) is 4.94. The molecule has 0 amide bonds. The van der Waals surface area contributed by atoms with Crippen molar-refractivity contribution in [1.29, 1.82) is 0 Å². The van der Waals surface area contributed by atoms with E-state index in [1.54, 1.807) is 19.1 Å². The molecule has 1 aromatic carbocycles. The first-order valence-corrected chi connectivity index (χ1v) is 10.2. The zero-order chi connectivity index (χ0) is 17.6. The highest BCUT2D eigenvalue weighted by Gasteiger charge is 2.52. The van der Waals surface area contributed by atoms with Crippen LogP contribution in [0.4, 0.5) is 5.69 Å². The van der Waals surface area contributed by atoms with E-state index in [1.807, 2.05) is 33.8 Å². The molecule has 0 unspecified atom stereocenters. The van der Waals surface area contributed by atoms with Crippen molar-refractivity contribution in [3.63, 3.8) is 0 Å². The molecule has 2 rings (SSSR count). The van der Waals surface area contributed by atoms with E-state index in [2.05, 4.69) is 15.9 Å². The first-order chi connectivity index (χ1) is 10.4. The van der Waals surface area contributed by atoms with Gasteiger partial charge < -0.3 is 9.31 Å². The molecule has 1 heterocycles. The molecule has 1 aromatic rings. The minimum Gasteiger partial charge on any atom is -0.399 e. The van der Waals surface area contributed by atoms with Crippen LogP contribution in [-0.4, -0.2) is 39.5 Å². The Balaban J connectivity index is 2.44. The molecular weight excluding hydrogens is 381 g/mol. The SMILES string of the molecule is CCN(c1ccc(Br)c(B2OC(C)(C)C(C)(C)O2)c1)S(C)(=O)=O. The third-order valence-corrected chi connectivity index (χ3v) is 6.45. The van der Waals surface area contributed by atoms with Gasteiger partial charge in [-0.25, -0.2) is 8.42 Å². The number of hydrogen-bond donors (Lipinski definition) is 0. The lowest BCUT2D eigenvalue weighted by Gasteiger charge is -2.32. The first-order valence-electron chi connectivity index (χ1n) is 7.52. The largest absolute Gasteiger partial charge is 0.496 e. The van der Waals surface area contributed by atoms with Crippen LogP contribution in [-0.2, 0) is 19.3 Å². The second kappa shape index (κ2) is 6.06. The van der Waals surface area contributed by atoms with Crippen molar-refractivity contribution in [2.75, 3.05) is 17.1 Å². The highest BCUT2D eigenvalue weighted by atomic mass is 79.9. The average Bonchev–Trinajstić information content (AvgIpc) is 2.59. The van der Waals surface area contributed by atoms with Crippen LogP contribution in [0, 0.1) is 0 Å². The molecule has 0 saturated carbocycles. The van der Waals surface area contributed by atoms with Crippen LogP contribution in [0.3, 0.4) is 0 Å². The van der Waals surface area contributed by atoms with Crippen LogP contribution in [0.25, 0.3) is 0 Å². The normalized spacial score (nSPS) is 19.9. The third kappa shape index (κ3) is 3.60. The summed E-state index contributed by atoms with van der Waals surface area (Å²) in [6.07, 6.45) is 1.20. The number of benzene rings is 1. The summed E-state index contributed by atoms with van der Waals surface area (Å²) in [6, 6.07) is 5.39. The molecule has 23 heavy (non-hydrogen) atoms. The molecule has 0 radical (unpaired) electrons. The molecule has 0 aliphatic carbocycles. The van der Waals surface area contributed by atoms with Gasteiger partial charge in [0.15, 0.2) is 0 Å². The summed E-state index contributed by atoms with van der Waals surface area (Å²) in [5.41, 5.74) is 0.481. The molecule has 1 aliphatic heterocycles. The van der Waals surface area contributed by atoms with Gasteiger partial charge in [-0.1, -0.05) is 15.9 Å². The summed E-state index contributed by atoms with van der Waals surface area (Å²) < 4.78 is 38.2. The number of halogens is 1. The fourth-order valence-corrected chi connectivity index (χ4v) is 3.84. The van der Waals surface area contributed by atoms with E-state index in [4.69, 9.17) is 9.31 Å². The van der Waals surface area contributed by atoms with Crippen molar-refractivity contribution >= 4 is 44.2 Å². The fraction of sp³-hybridized carbons (Fsp3) is 0.600. The number of sulfonamides is 1. The summed E-state index contributed by atoms with van der Waals surface area (Å²) in [7, 11) is -3.88. The highest BCUT2D eigenvalue weighted by molar-refractivity contribution is 9.10. The molecule has 5 nitrogen and oxygen atoms in total. The molecule has 0 spiro atoms. The average molecular weight is 404 g/mol. The van der Waals surface area contributed by atoms with E-state index >= 15 is 0 Å². The van der Waals surface area contributed by atoms with Crippen molar-refractivity contribution in [2.24, 2.45) is 0 Å². The zero-order valence-electron chi connectivity index (χ0n) is 14.4. The lowest BCUT2D eigenvalue weighted by molar-refractivity contribution is 0.00578. The molecule has 8 heteroatoms. The van der Waals surface area contributed by atoms with E-state index in [1.165, 1.54) is 10.6 Å². The summed E-state index contributed by atoms with van der Waals surface area (Å²) in [4.78, 5) is 0. The van der Waals surface area contributed by atoms with Gasteiger partial charge in [0, 0.05) is 11.0 Å². The Morgan fingerprint density at radius 1 is 1.17 bits per heavy atom. The van der Waals surface area contributed by atoms with E-state index in [0.717, 1.165) is 9.94 Å². The standard InChI is InChI=1S/C15H23BBrNO4S/c1-7-18(23(6,19)20)11-8-9-13(17)12(10-11)16-21-14(2,3)15(4,5)22-16/h8-10H,7H2,1-6H3. The number of rotatable bonds is 4. The van der Waals surface area contributed by atoms with E-state index < -0.39 is 28.3 Å². The quantitative estimate of drug-likeness (QED) is 0.725. The van der Waals surface area contributed by atoms with Crippen LogP contribution in [0.1, 0.15) is 34.6 Å². The van der Waals surface area contributed by atoms with Crippen LogP contribution in [0.5, 0.6) is 0 Å². The van der Waals surface area contributed by atoms with Gasteiger partial charge >= 0.3 is 7.12 Å². The highest BCUT2D eigenvalue weighted by Crippen LogP contribution is 2.37. The Morgan fingerprint density at radius 2 is 1.70 bits per heavy atom. The van der Waals surface area contributed by atoms with Crippen molar-refractivity contribution in [3.8, 4) is 0 Å². The lowest BCUT2D eigenvalue weighted by atomic mass is 9.79. The molecule has 0 bridgehead atoms. The second-order valence-electron chi connectivity index (χ2n) is 6.72. The third-order valence-electron chi connectivity index (χ3n) is 4.46. The minimum atomic E-state index is -3.33. The van der Waals surface area contributed by atoms with Gasteiger partial charge in [0.1, 0.15) is 0 Å². The van der Waals surface area contributed by atoms with Crippen LogP contribution in [0.2, 0.25) is 0 Å². The van der Waals surface area contributed by atoms with Crippen molar-refractivity contribution in [3.05, 3.63) is 22.7 Å². The van der Waals surface area contributed by atoms with Crippen molar-refractivity contribution in [2.45, 2.75) is 45.8 Å². The molecule has 128 valence electrons. The van der Waals surface area contributed by atoms with Gasteiger partial charge in [-0.2, -0.15) is 0 Å². The molecule has 1 saturated heterocycles. The Hall–Kier alpha value is -0.565. The maximum absolute atomic E-state index is 11.9. The molecule has 0 aromatic heterocycles. The van der Waals surface area contributed by atoms with Gasteiger partial charge in [0.25, 0.3) is 0 Å². The predicted octanol–water partition coefficient (Wildman–Crippen LogP) is 2.53. The van der Waals surface area contributed by atoms with Gasteiger partial charge in [-0.05, 0) is 58.3 Å². The smallest absolute Gasteiger partial charge is 0.399 e. The van der Waals surface area contributed by atoms with Crippen molar-refractivity contribution in [1.82, 2.24) is 0 Å². The molecule has 1 aliphatic rings. The Bertz CT molecular complexity index is 689. The lowest BCUT2D eigenvalue weighted by Crippen LogP contribution is -2.41. The molecule has 1 fully saturated rings. The summed E-state index contributed by atoms with van der Waals surface area (Å²) in [6.45, 7) is 10.1. The van der Waals surface area contributed by atoms with E-state index in [0.29, 0.717) is 12.2 Å². The number of nitrogens with zero attached hydrogens (tertiary/aromatic N) is 1. The van der Waals surface area contributed by atoms with Crippen LogP contribution >= 0.6 is 15.9 Å². The van der Waals surface area contributed by atoms with E-state index in [-0.39, 0.29) is 0 Å². The Labute approximate surface area is 147 Å². The van der Waals surface area contributed by atoms with Gasteiger partial charge in [-0.3, -0.25) is 4.31 Å². The van der Waals surface area contributed by atoms with E-state index in [9.17, 15) is 8.42 Å². The predicted molar refractivity (Wildman–Crippen MR) is 97.7 cm³/mol. The number of anilines is 1. The second-order valence-corrected chi connectivity index (χ2v) is 9.48. The molecular formula is C15H23BBrNO4S. The van der Waals surface area contributed by atoms with Gasteiger partial charge in [0.05, 0.1) is 23.1 Å². The maximum atomic E-state index is 11.9. The van der Waals surface area contributed by atoms with Crippen molar-refractivity contribution < 1.29 is 17.7 Å². The summed E-state index contributed by atoms with van der Waals surface area (Å²) >= 11 is 3.51. The van der Waals surface area contributed by atoms with Gasteiger partial charge in [0.2, 0.25) is 10.0 Å². The monoisotopic (exact) mass is 403 g/mol. The van der Waals surface area contributed by atoms with Crippen LogP contribution < -0.4 is 9.77 Å². The fourth-order valence-electron chi connectivity index (χ4n) is 2.45. The number of hydrogen-bond acceptors (Lipinski definition) is 4. The molecule has 0 N–H and O–H groups in total. The zero-order valence-corrected chi connectivity index (χ0v) is 16.8. The maximum Gasteiger partial charge on any atom is 0.496 e. The molecule has 0 atom stereocenters. The van der Waals surface area contributed by atoms with Gasteiger partial charge in [-0.15, -0.1) is 0 Å². The Morgan fingerprint density at radius 3 is 2.13 bits per heavy atom. The summed E-state index contributed by atoms with van der Waals surface area (Å²) in [5.74, 6) is 0. The minimum absolute atomic E-state index is 0.364. The first kappa shape index (κ1) is 18.8. The topological polar surface area (TPSA) is 55.8 Å². The van der Waals surface area contributed by atoms with Crippen LogP contribution in [0.15, 0.2) is 22.7 Å².